The molecule has 22 heavy (non-hydrogen) atoms. The largest absolute Gasteiger partial charge is 0.300 e. The minimum atomic E-state index is -0.0475. The van der Waals surface area contributed by atoms with Gasteiger partial charge in [-0.25, -0.2) is 9.55 Å². The van der Waals surface area contributed by atoms with E-state index in [4.69, 9.17) is 4.98 Å². The molecule has 1 aliphatic heterocycles. The second-order valence-electron chi connectivity index (χ2n) is 7.09. The van der Waals surface area contributed by atoms with E-state index in [1.807, 2.05) is 6.20 Å². The van der Waals surface area contributed by atoms with Crippen molar-refractivity contribution < 1.29 is 4.57 Å². The number of imidazole rings is 1. The lowest BCUT2D eigenvalue weighted by molar-refractivity contribution is -0.631. The van der Waals surface area contributed by atoms with Gasteiger partial charge in [0.05, 0.1) is 0 Å². The molecule has 1 aliphatic rings. The third kappa shape index (κ3) is 1.30. The monoisotopic (exact) mass is 289 g/mol. The SMILES string of the molecule is CC(C)(C)c1nc2nccc3c2c2n1c1ccccc1[n+]2C3. The Morgan fingerprint density at radius 2 is 1.95 bits per heavy atom. The van der Waals surface area contributed by atoms with Crippen molar-refractivity contribution in [2.45, 2.75) is 32.7 Å². The predicted octanol–water partition coefficient (Wildman–Crippen LogP) is 2.98. The van der Waals surface area contributed by atoms with Crippen LogP contribution in [0.4, 0.5) is 0 Å². The van der Waals surface area contributed by atoms with Gasteiger partial charge in [0.2, 0.25) is 5.82 Å². The number of benzene rings is 1. The van der Waals surface area contributed by atoms with E-state index in [2.05, 4.69) is 65.1 Å². The molecule has 0 atom stereocenters. The molecule has 0 N–H and O–H groups in total. The summed E-state index contributed by atoms with van der Waals surface area (Å²) in [6.07, 6.45) is 1.88. The Bertz CT molecular complexity index is 1080. The summed E-state index contributed by atoms with van der Waals surface area (Å²) in [4.78, 5) is 9.46. The molecule has 0 bridgehead atoms. The standard InChI is InChI=1S/C18H17N4/c1-18(2,3)17-20-15-14-11(8-9-19-15)10-21-12-6-4-5-7-13(12)22(17)16(14)21/h4-9H,10H2,1-3H3/q+1. The normalized spacial score (nSPS) is 14.0. The lowest BCUT2D eigenvalue weighted by Gasteiger charge is -2.15. The van der Waals surface area contributed by atoms with Crippen molar-refractivity contribution >= 4 is 27.7 Å². The zero-order chi connectivity index (χ0) is 15.1. The summed E-state index contributed by atoms with van der Waals surface area (Å²) >= 11 is 0. The van der Waals surface area contributed by atoms with Crippen LogP contribution in [0.1, 0.15) is 32.2 Å². The van der Waals surface area contributed by atoms with Crippen LogP contribution in [0, 0.1) is 0 Å². The van der Waals surface area contributed by atoms with Gasteiger partial charge in [-0.15, -0.1) is 0 Å². The fraction of sp³-hybridized carbons (Fsp3) is 0.278. The van der Waals surface area contributed by atoms with Crippen LogP contribution in [0.2, 0.25) is 0 Å². The highest BCUT2D eigenvalue weighted by Gasteiger charge is 2.35. The Morgan fingerprint density at radius 1 is 1.14 bits per heavy atom. The quantitative estimate of drug-likeness (QED) is 0.411. The van der Waals surface area contributed by atoms with E-state index in [9.17, 15) is 0 Å². The zero-order valence-corrected chi connectivity index (χ0v) is 13.0. The summed E-state index contributed by atoms with van der Waals surface area (Å²) in [5.74, 6) is 1.07. The molecule has 4 aromatic rings. The van der Waals surface area contributed by atoms with E-state index < -0.39 is 0 Å². The van der Waals surface area contributed by atoms with Crippen LogP contribution in [0.15, 0.2) is 36.5 Å². The molecule has 0 saturated carbocycles. The van der Waals surface area contributed by atoms with Gasteiger partial charge in [0.15, 0.2) is 16.7 Å². The van der Waals surface area contributed by atoms with Crippen LogP contribution in [0.3, 0.4) is 0 Å². The first-order valence-electron chi connectivity index (χ1n) is 7.67. The van der Waals surface area contributed by atoms with Gasteiger partial charge in [-0.3, -0.25) is 0 Å². The Kier molecular flexibility index (Phi) is 2.00. The molecule has 4 heteroatoms. The van der Waals surface area contributed by atoms with Crippen molar-refractivity contribution in [1.29, 1.82) is 0 Å². The number of pyridine rings is 1. The average Bonchev–Trinajstić information content (AvgIpc) is 3.01. The highest BCUT2D eigenvalue weighted by molar-refractivity contribution is 5.95. The van der Waals surface area contributed by atoms with Crippen molar-refractivity contribution in [2.75, 3.05) is 0 Å². The fourth-order valence-electron chi connectivity index (χ4n) is 3.62. The van der Waals surface area contributed by atoms with Crippen molar-refractivity contribution in [3.05, 3.63) is 47.9 Å². The smallest absolute Gasteiger partial charge is 0.236 e. The second-order valence-corrected chi connectivity index (χ2v) is 7.09. The Balaban J connectivity index is 2.17. The molecule has 0 radical (unpaired) electrons. The lowest BCUT2D eigenvalue weighted by Crippen LogP contribution is -2.30. The van der Waals surface area contributed by atoms with Crippen molar-refractivity contribution in [2.24, 2.45) is 0 Å². The molecular weight excluding hydrogens is 272 g/mol. The summed E-state index contributed by atoms with van der Waals surface area (Å²) in [5.41, 5.74) is 5.86. The van der Waals surface area contributed by atoms with E-state index >= 15 is 0 Å². The molecule has 108 valence electrons. The number of rotatable bonds is 0. The van der Waals surface area contributed by atoms with Gasteiger partial charge >= 0.3 is 5.65 Å². The van der Waals surface area contributed by atoms with Crippen LogP contribution in [-0.4, -0.2) is 14.4 Å². The maximum atomic E-state index is 4.93. The molecule has 0 spiro atoms. The van der Waals surface area contributed by atoms with Crippen LogP contribution < -0.4 is 4.57 Å². The molecule has 5 rings (SSSR count). The molecule has 4 heterocycles. The number of hydrogen-bond acceptors (Lipinski definition) is 2. The minimum Gasteiger partial charge on any atom is -0.236 e. The van der Waals surface area contributed by atoms with Gasteiger partial charge in [0, 0.05) is 17.2 Å². The molecule has 0 fully saturated rings. The van der Waals surface area contributed by atoms with Gasteiger partial charge in [-0.05, 0) is 18.2 Å². The molecule has 0 aliphatic carbocycles. The number of fused-ring (bicyclic) bond motifs is 3. The van der Waals surface area contributed by atoms with Gasteiger partial charge in [-0.2, -0.15) is 9.38 Å². The number of para-hydroxylation sites is 2. The van der Waals surface area contributed by atoms with Gasteiger partial charge in [0.1, 0.15) is 11.9 Å². The van der Waals surface area contributed by atoms with E-state index in [0.29, 0.717) is 0 Å². The first-order chi connectivity index (χ1) is 10.6. The Hall–Kier alpha value is -2.49. The molecule has 1 aromatic carbocycles. The summed E-state index contributed by atoms with van der Waals surface area (Å²) in [6.45, 7) is 7.53. The summed E-state index contributed by atoms with van der Waals surface area (Å²) in [7, 11) is 0. The number of nitrogens with zero attached hydrogens (tertiary/aromatic N) is 4. The average molecular weight is 289 g/mol. The van der Waals surface area contributed by atoms with Crippen molar-refractivity contribution in [1.82, 2.24) is 14.4 Å². The van der Waals surface area contributed by atoms with E-state index in [1.165, 1.54) is 27.6 Å². The molecule has 0 saturated heterocycles. The first kappa shape index (κ1) is 12.1. The second kappa shape index (κ2) is 3.64. The predicted molar refractivity (Wildman–Crippen MR) is 86.0 cm³/mol. The summed E-state index contributed by atoms with van der Waals surface area (Å²) in [6, 6.07) is 10.7. The third-order valence-corrected chi connectivity index (χ3v) is 4.54. The van der Waals surface area contributed by atoms with Crippen molar-refractivity contribution in [3.63, 3.8) is 0 Å². The van der Waals surface area contributed by atoms with Gasteiger partial charge in [-0.1, -0.05) is 32.9 Å². The van der Waals surface area contributed by atoms with E-state index in [1.54, 1.807) is 0 Å². The van der Waals surface area contributed by atoms with Crippen LogP contribution in [-0.2, 0) is 12.0 Å². The lowest BCUT2D eigenvalue weighted by atomic mass is 9.95. The minimum absolute atomic E-state index is 0.0475. The van der Waals surface area contributed by atoms with Crippen LogP contribution in [0.5, 0.6) is 0 Å². The Morgan fingerprint density at radius 3 is 2.77 bits per heavy atom. The molecule has 0 amide bonds. The fourth-order valence-corrected chi connectivity index (χ4v) is 3.62. The molecule has 3 aromatic heterocycles. The summed E-state index contributed by atoms with van der Waals surface area (Å²) < 4.78 is 4.72. The third-order valence-electron chi connectivity index (χ3n) is 4.54. The number of hydrogen-bond donors (Lipinski definition) is 0. The maximum absolute atomic E-state index is 4.93. The number of aromatic nitrogens is 4. The molecular formula is C18H17N4+. The maximum Gasteiger partial charge on any atom is 0.300 e. The molecule has 4 nitrogen and oxygen atoms in total. The topological polar surface area (TPSA) is 34.1 Å². The van der Waals surface area contributed by atoms with Gasteiger partial charge in [0.25, 0.3) is 0 Å². The van der Waals surface area contributed by atoms with Gasteiger partial charge < -0.3 is 0 Å². The zero-order valence-electron chi connectivity index (χ0n) is 13.0. The Labute approximate surface area is 128 Å². The van der Waals surface area contributed by atoms with E-state index in [0.717, 1.165) is 18.0 Å². The highest BCUT2D eigenvalue weighted by Crippen LogP contribution is 2.32. The highest BCUT2D eigenvalue weighted by atomic mass is 15.2. The van der Waals surface area contributed by atoms with E-state index in [-0.39, 0.29) is 5.41 Å². The van der Waals surface area contributed by atoms with Crippen LogP contribution >= 0.6 is 0 Å². The van der Waals surface area contributed by atoms with Crippen molar-refractivity contribution in [3.8, 4) is 0 Å². The van der Waals surface area contributed by atoms with Crippen LogP contribution in [0.25, 0.3) is 27.7 Å². The first-order valence-corrected chi connectivity index (χ1v) is 7.67. The summed E-state index contributed by atoms with van der Waals surface area (Å²) in [5, 5.41) is 1.20. The molecule has 0 unspecified atom stereocenters.